The largest absolute Gasteiger partial charge is 0.387 e. The zero-order valence-corrected chi connectivity index (χ0v) is 8.42. The second-order valence-electron chi connectivity index (χ2n) is 4.88. The molecule has 2 rings (SSSR count). The van der Waals surface area contributed by atoms with E-state index in [1.54, 1.807) is 0 Å². The molecule has 1 unspecified atom stereocenters. The normalized spacial score (nSPS) is 39.9. The van der Waals surface area contributed by atoms with Crippen LogP contribution in [0.25, 0.3) is 0 Å². The van der Waals surface area contributed by atoms with E-state index < -0.39 is 5.60 Å². The summed E-state index contributed by atoms with van der Waals surface area (Å²) >= 11 is 0. The molecule has 1 aliphatic carbocycles. The summed E-state index contributed by atoms with van der Waals surface area (Å²) in [5, 5.41) is 10.5. The van der Waals surface area contributed by atoms with Crippen LogP contribution in [0, 0.1) is 0 Å². The average molecular weight is 184 g/mol. The molecule has 0 aromatic carbocycles. The van der Waals surface area contributed by atoms with Gasteiger partial charge < -0.3 is 15.7 Å². The van der Waals surface area contributed by atoms with E-state index in [9.17, 15) is 5.11 Å². The summed E-state index contributed by atoms with van der Waals surface area (Å²) in [6, 6.07) is 0. The Morgan fingerprint density at radius 2 is 1.85 bits per heavy atom. The molecule has 0 amide bonds. The fraction of sp³-hybridized carbons (Fsp3) is 1.00. The Balaban J connectivity index is 2.14. The van der Waals surface area contributed by atoms with E-state index in [-0.39, 0.29) is 5.54 Å². The van der Waals surface area contributed by atoms with Gasteiger partial charge >= 0.3 is 0 Å². The molecule has 0 radical (unpaired) electrons. The van der Waals surface area contributed by atoms with Crippen molar-refractivity contribution >= 4 is 0 Å². The lowest BCUT2D eigenvalue weighted by atomic mass is 9.78. The molecule has 3 nitrogen and oxygen atoms in total. The van der Waals surface area contributed by atoms with Crippen LogP contribution in [0.4, 0.5) is 0 Å². The van der Waals surface area contributed by atoms with Gasteiger partial charge in [-0.15, -0.1) is 0 Å². The quantitative estimate of drug-likeness (QED) is 0.617. The van der Waals surface area contributed by atoms with Gasteiger partial charge in [0.1, 0.15) is 0 Å². The summed E-state index contributed by atoms with van der Waals surface area (Å²) in [6.45, 7) is 1.74. The van der Waals surface area contributed by atoms with Gasteiger partial charge in [0.05, 0.1) is 5.60 Å². The van der Waals surface area contributed by atoms with Crippen molar-refractivity contribution in [2.45, 2.75) is 43.2 Å². The minimum absolute atomic E-state index is 0.294. The van der Waals surface area contributed by atoms with Gasteiger partial charge in [0.25, 0.3) is 0 Å². The smallest absolute Gasteiger partial charge is 0.0964 e. The Hall–Kier alpha value is -0.120. The molecule has 0 spiro atoms. The second-order valence-corrected chi connectivity index (χ2v) is 4.88. The molecule has 0 aromatic rings. The Bertz CT molecular complexity index is 201. The van der Waals surface area contributed by atoms with Gasteiger partial charge in [-0.2, -0.15) is 0 Å². The molecule has 2 fully saturated rings. The number of nitrogens with two attached hydrogens (primary N) is 1. The summed E-state index contributed by atoms with van der Waals surface area (Å²) in [4.78, 5) is 2.17. The number of likely N-dealkylation sites (tertiary alicyclic amines) is 1. The van der Waals surface area contributed by atoms with Crippen molar-refractivity contribution in [1.29, 1.82) is 0 Å². The first-order valence-electron chi connectivity index (χ1n) is 5.26. The lowest BCUT2D eigenvalue weighted by Gasteiger charge is -2.39. The molecule has 0 bridgehead atoms. The minimum Gasteiger partial charge on any atom is -0.387 e. The van der Waals surface area contributed by atoms with Gasteiger partial charge in [0.15, 0.2) is 0 Å². The topological polar surface area (TPSA) is 49.5 Å². The molecular weight excluding hydrogens is 164 g/mol. The van der Waals surface area contributed by atoms with Crippen molar-refractivity contribution in [3.05, 3.63) is 0 Å². The molecule has 1 aliphatic heterocycles. The predicted octanol–water partition coefficient (Wildman–Crippen LogP) is 0.324. The predicted molar refractivity (Wildman–Crippen MR) is 52.5 cm³/mol. The van der Waals surface area contributed by atoms with E-state index in [0.29, 0.717) is 0 Å². The lowest BCUT2D eigenvalue weighted by Crippen LogP contribution is -2.60. The number of likely N-dealkylation sites (N-methyl/N-ethyl adjacent to an activating group) is 1. The fourth-order valence-corrected chi connectivity index (χ4v) is 2.86. The maximum atomic E-state index is 10.5. The molecule has 0 aromatic heterocycles. The number of nitrogens with zero attached hydrogens (tertiary/aromatic N) is 1. The molecule has 2 aliphatic rings. The third kappa shape index (κ3) is 1.39. The van der Waals surface area contributed by atoms with E-state index in [2.05, 4.69) is 11.9 Å². The maximum absolute atomic E-state index is 10.5. The van der Waals surface area contributed by atoms with Gasteiger partial charge in [-0.3, -0.25) is 0 Å². The van der Waals surface area contributed by atoms with Gasteiger partial charge in [0.2, 0.25) is 0 Å². The summed E-state index contributed by atoms with van der Waals surface area (Å²) in [5.74, 6) is 0. The van der Waals surface area contributed by atoms with Gasteiger partial charge in [-0.1, -0.05) is 12.8 Å². The Labute approximate surface area is 79.9 Å². The number of hydrogen-bond acceptors (Lipinski definition) is 3. The molecule has 76 valence electrons. The summed E-state index contributed by atoms with van der Waals surface area (Å²) in [6.07, 6.45) is 5.21. The Kier molecular flexibility index (Phi) is 2.13. The van der Waals surface area contributed by atoms with Crippen molar-refractivity contribution in [2.24, 2.45) is 5.73 Å². The van der Waals surface area contributed by atoms with Crippen molar-refractivity contribution < 1.29 is 5.11 Å². The zero-order chi connectivity index (χ0) is 9.53. The molecule has 1 saturated carbocycles. The van der Waals surface area contributed by atoms with E-state index >= 15 is 0 Å². The molecular formula is C10H20N2O. The van der Waals surface area contributed by atoms with Gasteiger partial charge in [-0.05, 0) is 26.3 Å². The van der Waals surface area contributed by atoms with Gasteiger partial charge in [-0.25, -0.2) is 0 Å². The van der Waals surface area contributed by atoms with Crippen molar-refractivity contribution in [3.63, 3.8) is 0 Å². The van der Waals surface area contributed by atoms with E-state index in [0.717, 1.165) is 32.4 Å². The number of rotatable bonds is 1. The highest BCUT2D eigenvalue weighted by atomic mass is 16.3. The van der Waals surface area contributed by atoms with Crippen molar-refractivity contribution in [2.75, 3.05) is 20.1 Å². The van der Waals surface area contributed by atoms with Crippen molar-refractivity contribution in [3.8, 4) is 0 Å². The first-order valence-corrected chi connectivity index (χ1v) is 5.26. The first kappa shape index (κ1) is 9.44. The molecule has 1 heterocycles. The molecule has 3 N–H and O–H groups in total. The van der Waals surface area contributed by atoms with E-state index in [1.165, 1.54) is 12.8 Å². The minimum atomic E-state index is -0.613. The molecule has 3 heteroatoms. The van der Waals surface area contributed by atoms with Crippen LogP contribution in [0.1, 0.15) is 32.1 Å². The van der Waals surface area contributed by atoms with Crippen LogP contribution in [0.3, 0.4) is 0 Å². The van der Waals surface area contributed by atoms with Crippen LogP contribution >= 0.6 is 0 Å². The number of β-amino-alcohol motifs (C(OH)–C–C–N with tert-alkyl or cyclic N) is 1. The van der Waals surface area contributed by atoms with E-state index in [4.69, 9.17) is 5.73 Å². The number of aliphatic hydroxyl groups is 1. The third-order valence-electron chi connectivity index (χ3n) is 3.86. The van der Waals surface area contributed by atoms with Crippen LogP contribution in [-0.2, 0) is 0 Å². The zero-order valence-electron chi connectivity index (χ0n) is 8.42. The summed E-state index contributed by atoms with van der Waals surface area (Å²) in [5.41, 5.74) is 5.38. The standard InChI is InChI=1S/C10H20N2O/c1-12-7-6-10(13,8-12)9(11)4-2-3-5-9/h13H,2-8,11H2,1H3. The highest BCUT2D eigenvalue weighted by Gasteiger charge is 2.51. The molecule has 1 atom stereocenters. The first-order chi connectivity index (χ1) is 6.06. The monoisotopic (exact) mass is 184 g/mol. The molecule has 1 saturated heterocycles. The highest BCUT2D eigenvalue weighted by Crippen LogP contribution is 2.40. The van der Waals surface area contributed by atoms with Crippen LogP contribution in [0.15, 0.2) is 0 Å². The van der Waals surface area contributed by atoms with Crippen molar-refractivity contribution in [1.82, 2.24) is 4.90 Å². The summed E-state index contributed by atoms with van der Waals surface area (Å²) < 4.78 is 0. The maximum Gasteiger partial charge on any atom is 0.0964 e. The van der Waals surface area contributed by atoms with Crippen LogP contribution in [0.2, 0.25) is 0 Å². The van der Waals surface area contributed by atoms with Crippen LogP contribution < -0.4 is 5.73 Å². The van der Waals surface area contributed by atoms with Crippen LogP contribution in [-0.4, -0.2) is 41.3 Å². The third-order valence-corrected chi connectivity index (χ3v) is 3.86. The van der Waals surface area contributed by atoms with Crippen LogP contribution in [0.5, 0.6) is 0 Å². The average Bonchev–Trinajstić information content (AvgIpc) is 2.61. The lowest BCUT2D eigenvalue weighted by molar-refractivity contribution is -0.0227. The van der Waals surface area contributed by atoms with E-state index in [1.807, 2.05) is 0 Å². The van der Waals surface area contributed by atoms with Gasteiger partial charge in [0, 0.05) is 18.6 Å². The SMILES string of the molecule is CN1CCC(O)(C2(N)CCCC2)C1. The Morgan fingerprint density at radius 3 is 2.31 bits per heavy atom. The Morgan fingerprint density at radius 1 is 1.23 bits per heavy atom. The number of hydrogen-bond donors (Lipinski definition) is 2. The molecule has 13 heavy (non-hydrogen) atoms. The summed E-state index contributed by atoms with van der Waals surface area (Å²) in [7, 11) is 2.05. The second kappa shape index (κ2) is 2.94. The highest BCUT2D eigenvalue weighted by molar-refractivity contribution is 5.09. The fourth-order valence-electron chi connectivity index (χ4n) is 2.86.